The molecule has 10 rings (SSSR count). The second-order valence-corrected chi connectivity index (χ2v) is 16.2. The van der Waals surface area contributed by atoms with Gasteiger partial charge < -0.3 is 34.0 Å². The van der Waals surface area contributed by atoms with Gasteiger partial charge in [-0.3, -0.25) is 29.0 Å². The van der Waals surface area contributed by atoms with Crippen LogP contribution in [0.5, 0.6) is 5.75 Å². The highest BCUT2D eigenvalue weighted by atomic mass is 16.6. The van der Waals surface area contributed by atoms with Crippen molar-refractivity contribution in [2.24, 2.45) is 0 Å². The average molecular weight is 761 g/mol. The fourth-order valence-electron chi connectivity index (χ4n) is 10.8. The number of hydrogen-bond acceptors (Lipinski definition) is 11. The lowest BCUT2D eigenvalue weighted by Gasteiger charge is -2.56. The summed E-state index contributed by atoms with van der Waals surface area (Å²) in [5.41, 5.74) is 4.18. The summed E-state index contributed by atoms with van der Waals surface area (Å²) in [6.07, 6.45) is 9.10. The van der Waals surface area contributed by atoms with Crippen LogP contribution >= 0.6 is 0 Å². The summed E-state index contributed by atoms with van der Waals surface area (Å²) in [6.45, 7) is 2.36. The van der Waals surface area contributed by atoms with Crippen LogP contribution in [0.15, 0.2) is 66.8 Å². The number of para-hydroxylation sites is 1. The quantitative estimate of drug-likeness (QED) is 0.188. The van der Waals surface area contributed by atoms with E-state index in [1.807, 2.05) is 43.3 Å². The second kappa shape index (κ2) is 13.0. The molecule has 3 N–H and O–H groups in total. The van der Waals surface area contributed by atoms with Crippen LogP contribution in [0.3, 0.4) is 0 Å². The number of carbonyl (C=O) groups is 4. The van der Waals surface area contributed by atoms with Crippen molar-refractivity contribution in [3.8, 4) is 5.75 Å². The molecule has 2 fully saturated rings. The first-order valence-electron chi connectivity index (χ1n) is 19.5. The van der Waals surface area contributed by atoms with Gasteiger partial charge in [-0.25, -0.2) is 0 Å². The Morgan fingerprint density at radius 3 is 2.32 bits per heavy atom. The molecular formula is C43H44N4O9. The zero-order chi connectivity index (χ0) is 38.5. The number of benzene rings is 2. The zero-order valence-electron chi connectivity index (χ0n) is 31.3. The maximum atomic E-state index is 14.3. The lowest BCUT2D eigenvalue weighted by atomic mass is 9.72. The number of allylic oxidation sites excluding steroid dienone is 2. The molecule has 0 spiro atoms. The van der Waals surface area contributed by atoms with Gasteiger partial charge in [0.05, 0.1) is 50.1 Å². The summed E-state index contributed by atoms with van der Waals surface area (Å²) in [5.74, 6) is -0.723. The lowest BCUT2D eigenvalue weighted by Crippen LogP contribution is -2.66. The van der Waals surface area contributed by atoms with Gasteiger partial charge in [0, 0.05) is 58.9 Å². The molecular weight excluding hydrogens is 716 g/mol. The first-order valence-corrected chi connectivity index (χ1v) is 19.5. The van der Waals surface area contributed by atoms with E-state index in [-0.39, 0.29) is 61.5 Å². The van der Waals surface area contributed by atoms with Crippen LogP contribution in [0.4, 0.5) is 0 Å². The first kappa shape index (κ1) is 35.3. The number of morpholine rings is 1. The minimum atomic E-state index is -0.916. The molecule has 0 bridgehead atoms. The predicted molar refractivity (Wildman–Crippen MR) is 203 cm³/mol. The van der Waals surface area contributed by atoms with E-state index in [2.05, 4.69) is 25.8 Å². The number of phenols is 1. The summed E-state index contributed by atoms with van der Waals surface area (Å²) in [5, 5.41) is 12.2. The van der Waals surface area contributed by atoms with E-state index in [4.69, 9.17) is 18.9 Å². The minimum Gasteiger partial charge on any atom is -0.508 e. The highest BCUT2D eigenvalue weighted by molar-refractivity contribution is 5.93. The topological polar surface area (TPSA) is 163 Å². The molecule has 13 heteroatoms. The number of H-pyrrole nitrogens is 2. The maximum Gasteiger partial charge on any atom is 0.323 e. The van der Waals surface area contributed by atoms with E-state index >= 15 is 0 Å². The van der Waals surface area contributed by atoms with Crippen LogP contribution in [0.2, 0.25) is 0 Å². The SMILES string of the molecule is COC(=O)[C@@H]1Cc2c([nH]c3ccc(O)cc23)[C@@H]2CC[C@@]3(OCCOC(=O)[C@@H]4Cc5c([nH]c6ccccc56)[C@@H]5CO[C@@]6(C)C=CC(=O)C[C@H]6N45)C=CC(=O)C[C@H]3N12. The zero-order valence-corrected chi connectivity index (χ0v) is 31.3. The fraction of sp³-hybridized carbons (Fsp3) is 0.442. The maximum absolute atomic E-state index is 14.3. The van der Waals surface area contributed by atoms with Gasteiger partial charge in [0.25, 0.3) is 0 Å². The van der Waals surface area contributed by atoms with Gasteiger partial charge in [0.15, 0.2) is 11.6 Å². The van der Waals surface area contributed by atoms with Gasteiger partial charge >= 0.3 is 11.9 Å². The summed E-state index contributed by atoms with van der Waals surface area (Å²) < 4.78 is 24.6. The van der Waals surface area contributed by atoms with Gasteiger partial charge in [-0.05, 0) is 79.5 Å². The van der Waals surface area contributed by atoms with Crippen molar-refractivity contribution < 1.29 is 43.2 Å². The van der Waals surface area contributed by atoms with Gasteiger partial charge in [0.2, 0.25) is 0 Å². The van der Waals surface area contributed by atoms with Gasteiger partial charge in [-0.2, -0.15) is 0 Å². The Kier molecular flexibility index (Phi) is 8.19. The molecule has 56 heavy (non-hydrogen) atoms. The number of ketones is 2. The number of ether oxygens (including phenoxy) is 4. The molecule has 290 valence electrons. The Bertz CT molecular complexity index is 2380. The van der Waals surface area contributed by atoms with Crippen molar-refractivity contribution >= 4 is 45.3 Å². The molecule has 4 aliphatic heterocycles. The van der Waals surface area contributed by atoms with Crippen molar-refractivity contribution in [2.45, 2.75) is 92.9 Å². The van der Waals surface area contributed by atoms with Crippen molar-refractivity contribution in [3.05, 3.63) is 89.3 Å². The van der Waals surface area contributed by atoms with Crippen molar-refractivity contribution in [1.29, 1.82) is 0 Å². The highest BCUT2D eigenvalue weighted by Gasteiger charge is 2.57. The summed E-state index contributed by atoms with van der Waals surface area (Å²) >= 11 is 0. The Morgan fingerprint density at radius 2 is 1.52 bits per heavy atom. The van der Waals surface area contributed by atoms with Gasteiger partial charge in [-0.15, -0.1) is 0 Å². The molecule has 0 saturated carbocycles. The molecule has 6 aliphatic rings. The van der Waals surface area contributed by atoms with Crippen molar-refractivity contribution in [2.75, 3.05) is 26.9 Å². The molecule has 8 atom stereocenters. The Labute approximate surface area is 322 Å². The number of carbonyl (C=O) groups excluding carboxylic acids is 4. The normalized spacial score (nSPS) is 32.2. The monoisotopic (exact) mass is 760 g/mol. The van der Waals surface area contributed by atoms with E-state index < -0.39 is 41.3 Å². The fourth-order valence-corrected chi connectivity index (χ4v) is 10.8. The van der Waals surface area contributed by atoms with Crippen LogP contribution in [0.25, 0.3) is 21.8 Å². The first-order chi connectivity index (χ1) is 27.1. The third-order valence-corrected chi connectivity index (χ3v) is 13.4. The lowest BCUT2D eigenvalue weighted by molar-refractivity contribution is -0.186. The molecule has 2 aromatic carbocycles. The number of hydrogen-bond donors (Lipinski definition) is 3. The summed E-state index contributed by atoms with van der Waals surface area (Å²) in [7, 11) is 1.37. The molecule has 0 amide bonds. The Hall–Kier alpha value is -5.08. The van der Waals surface area contributed by atoms with Gasteiger partial charge in [-0.1, -0.05) is 18.2 Å². The number of methoxy groups -OCH3 is 1. The number of phenolic OH excluding ortho intramolecular Hbond substituents is 1. The van der Waals surface area contributed by atoms with E-state index in [0.717, 1.165) is 44.3 Å². The van der Waals surface area contributed by atoms with Crippen molar-refractivity contribution in [3.63, 3.8) is 0 Å². The third-order valence-electron chi connectivity index (χ3n) is 13.4. The van der Waals surface area contributed by atoms with Crippen LogP contribution in [-0.4, -0.2) is 111 Å². The van der Waals surface area contributed by atoms with Gasteiger partial charge in [0.1, 0.15) is 30.0 Å². The number of aromatic amines is 2. The van der Waals surface area contributed by atoms with E-state index in [1.165, 1.54) is 7.11 Å². The van der Waals surface area contributed by atoms with Crippen LogP contribution < -0.4 is 0 Å². The Balaban J connectivity index is 0.909. The molecule has 6 heterocycles. The number of piperidine rings is 1. The number of fused-ring (bicyclic) bond motifs is 14. The second-order valence-electron chi connectivity index (χ2n) is 16.2. The number of aromatic nitrogens is 2. The highest BCUT2D eigenvalue weighted by Crippen LogP contribution is 2.51. The average Bonchev–Trinajstić information content (AvgIpc) is 3.77. The molecule has 2 saturated heterocycles. The summed E-state index contributed by atoms with van der Waals surface area (Å²) in [4.78, 5) is 65.0. The smallest absolute Gasteiger partial charge is 0.323 e. The number of nitrogens with zero attached hydrogens (tertiary/aromatic N) is 2. The molecule has 2 aromatic heterocycles. The number of aromatic hydroxyl groups is 1. The summed E-state index contributed by atoms with van der Waals surface area (Å²) in [6, 6.07) is 10.6. The van der Waals surface area contributed by atoms with Crippen LogP contribution in [-0.2, 0) is 51.0 Å². The molecule has 2 aliphatic carbocycles. The van der Waals surface area contributed by atoms with Crippen LogP contribution in [0.1, 0.15) is 67.2 Å². The van der Waals surface area contributed by atoms with E-state index in [1.54, 1.807) is 24.3 Å². The molecule has 4 aromatic rings. The number of nitrogens with one attached hydrogen (secondary N) is 2. The van der Waals surface area contributed by atoms with Crippen LogP contribution in [0, 0.1) is 0 Å². The molecule has 0 unspecified atom stereocenters. The molecule has 0 radical (unpaired) electrons. The number of rotatable bonds is 6. The minimum absolute atomic E-state index is 0.00885. The number of esters is 2. The predicted octanol–water partition coefficient (Wildman–Crippen LogP) is 4.44. The van der Waals surface area contributed by atoms with E-state index in [9.17, 15) is 24.3 Å². The molecule has 13 nitrogen and oxygen atoms in total. The Morgan fingerprint density at radius 1 is 0.839 bits per heavy atom. The van der Waals surface area contributed by atoms with E-state index in [0.29, 0.717) is 32.3 Å². The van der Waals surface area contributed by atoms with Crippen molar-refractivity contribution in [1.82, 2.24) is 19.8 Å². The standard InChI is InChI=1S/C43H44N4O9/c1-42-12-9-24(49)18-36(42)47-34(20-28-26-5-3-4-6-30(26)44-39(28)35(47)22-56-42)41(52)54-15-16-55-43-13-10-25(50)19-37(43)46-32(11-14-43)38-29(21-33(46)40(51)53-2)27-17-23(48)7-8-31(27)45-38/h3-10,12-13,17,32-37,44-45,48H,11,14-16,18-22H2,1-2H3/t32-,33-,34-,35-,36+,37+,42-,43-/m0/s1. The largest absolute Gasteiger partial charge is 0.508 e. The third kappa shape index (κ3) is 5.35.